The maximum absolute atomic E-state index is 9.37. The van der Waals surface area contributed by atoms with E-state index in [1.807, 2.05) is 17.0 Å². The fourth-order valence-electron chi connectivity index (χ4n) is 1.63. The molecule has 0 bridgehead atoms. The smallest absolute Gasteiger partial charge is 0.0990 e. The third-order valence-electron chi connectivity index (χ3n) is 2.45. The van der Waals surface area contributed by atoms with E-state index in [2.05, 4.69) is 0 Å². The summed E-state index contributed by atoms with van der Waals surface area (Å²) in [6, 6.07) is 7.36. The minimum Gasteiger partial charge on any atom is -0.389 e. The maximum atomic E-state index is 9.37. The molecule has 0 unspecified atom stereocenters. The van der Waals surface area contributed by atoms with Gasteiger partial charge in [0.15, 0.2) is 0 Å². The van der Waals surface area contributed by atoms with E-state index >= 15 is 0 Å². The van der Waals surface area contributed by atoms with Crippen LogP contribution in [0.4, 0.5) is 5.69 Å². The van der Waals surface area contributed by atoms with Crippen molar-refractivity contribution in [2.45, 2.75) is 12.2 Å². The molecule has 0 amide bonds. The van der Waals surface area contributed by atoms with E-state index in [0.717, 1.165) is 5.69 Å². The van der Waals surface area contributed by atoms with Crippen LogP contribution < -0.4 is 4.90 Å². The van der Waals surface area contributed by atoms with Gasteiger partial charge in [-0.1, -0.05) is 11.6 Å². The molecule has 76 valence electrons. The van der Waals surface area contributed by atoms with Crippen molar-refractivity contribution in [1.29, 1.82) is 0 Å². The number of aliphatic hydroxyl groups excluding tert-OH is 2. The van der Waals surface area contributed by atoms with Gasteiger partial charge in [-0.2, -0.15) is 0 Å². The highest BCUT2D eigenvalue weighted by Crippen LogP contribution is 2.22. The Morgan fingerprint density at radius 2 is 1.57 bits per heavy atom. The molecule has 2 N–H and O–H groups in total. The Kier molecular flexibility index (Phi) is 2.63. The minimum absolute atomic E-state index is 0.475. The topological polar surface area (TPSA) is 43.7 Å². The predicted octanol–water partition coefficient (Wildman–Crippen LogP) is 0.882. The van der Waals surface area contributed by atoms with Crippen LogP contribution in [0, 0.1) is 0 Å². The molecule has 1 aromatic carbocycles. The second kappa shape index (κ2) is 3.77. The SMILES string of the molecule is O[C@@H]1CN(c2ccc(Cl)cc2)C[C@@H]1O. The third kappa shape index (κ3) is 1.85. The zero-order valence-corrected chi connectivity index (χ0v) is 8.35. The number of β-amino-alcohol motifs (C(OH)–C–C–N with tert-alkyl or cyclic N) is 2. The average molecular weight is 214 g/mol. The van der Waals surface area contributed by atoms with E-state index in [4.69, 9.17) is 11.6 Å². The molecule has 1 aromatic rings. The predicted molar refractivity (Wildman–Crippen MR) is 55.7 cm³/mol. The fourth-order valence-corrected chi connectivity index (χ4v) is 1.76. The molecule has 2 rings (SSSR count). The van der Waals surface area contributed by atoms with E-state index in [9.17, 15) is 10.2 Å². The van der Waals surface area contributed by atoms with Gasteiger partial charge in [-0.25, -0.2) is 0 Å². The van der Waals surface area contributed by atoms with Gasteiger partial charge >= 0.3 is 0 Å². The Labute approximate surface area is 87.5 Å². The summed E-state index contributed by atoms with van der Waals surface area (Å²) in [5, 5.41) is 19.4. The lowest BCUT2D eigenvalue weighted by Crippen LogP contribution is -2.22. The van der Waals surface area contributed by atoms with Gasteiger partial charge in [0.25, 0.3) is 0 Å². The summed E-state index contributed by atoms with van der Waals surface area (Å²) in [4.78, 5) is 1.94. The molecule has 1 aliphatic rings. The van der Waals surface area contributed by atoms with Crippen molar-refractivity contribution < 1.29 is 10.2 Å². The van der Waals surface area contributed by atoms with Crippen LogP contribution >= 0.6 is 11.6 Å². The number of anilines is 1. The van der Waals surface area contributed by atoms with Crippen LogP contribution in [-0.2, 0) is 0 Å². The van der Waals surface area contributed by atoms with E-state index in [-0.39, 0.29) is 0 Å². The first-order valence-electron chi connectivity index (χ1n) is 4.53. The molecule has 1 fully saturated rings. The van der Waals surface area contributed by atoms with Crippen LogP contribution in [0.3, 0.4) is 0 Å². The van der Waals surface area contributed by atoms with Crippen LogP contribution in [-0.4, -0.2) is 35.5 Å². The van der Waals surface area contributed by atoms with Gasteiger partial charge in [-0.15, -0.1) is 0 Å². The number of benzene rings is 1. The molecule has 1 aliphatic heterocycles. The van der Waals surface area contributed by atoms with E-state index < -0.39 is 12.2 Å². The normalized spacial score (nSPS) is 26.9. The first kappa shape index (κ1) is 9.77. The molecular formula is C10H12ClNO2. The molecule has 4 heteroatoms. The molecule has 0 aliphatic carbocycles. The van der Waals surface area contributed by atoms with Gasteiger partial charge in [0.1, 0.15) is 0 Å². The Morgan fingerprint density at radius 1 is 1.07 bits per heavy atom. The molecule has 0 aromatic heterocycles. The molecule has 0 saturated carbocycles. The number of aliphatic hydroxyl groups is 2. The molecule has 0 radical (unpaired) electrons. The summed E-state index contributed by atoms with van der Waals surface area (Å²) in [6.45, 7) is 0.950. The van der Waals surface area contributed by atoms with E-state index in [1.165, 1.54) is 0 Å². The van der Waals surface area contributed by atoms with Crippen LogP contribution in [0.15, 0.2) is 24.3 Å². The summed E-state index contributed by atoms with van der Waals surface area (Å²) < 4.78 is 0. The number of nitrogens with zero attached hydrogens (tertiary/aromatic N) is 1. The standard InChI is InChI=1S/C10H12ClNO2/c11-7-1-3-8(4-2-7)12-5-9(13)10(14)6-12/h1-4,9-10,13-14H,5-6H2/t9-,10+. The Balaban J connectivity index is 2.13. The second-order valence-corrected chi connectivity index (χ2v) is 3.95. The quantitative estimate of drug-likeness (QED) is 0.728. The highest BCUT2D eigenvalue weighted by Gasteiger charge is 2.29. The minimum atomic E-state index is -0.648. The lowest BCUT2D eigenvalue weighted by molar-refractivity contribution is 0.0572. The summed E-state index contributed by atoms with van der Waals surface area (Å²) in [6.07, 6.45) is -1.30. The number of hydrogen-bond acceptors (Lipinski definition) is 3. The Morgan fingerprint density at radius 3 is 2.07 bits per heavy atom. The molecular weight excluding hydrogens is 202 g/mol. The van der Waals surface area contributed by atoms with Crippen LogP contribution in [0.5, 0.6) is 0 Å². The fraction of sp³-hybridized carbons (Fsp3) is 0.400. The van der Waals surface area contributed by atoms with Crippen molar-refractivity contribution in [1.82, 2.24) is 0 Å². The molecule has 14 heavy (non-hydrogen) atoms. The Bertz CT molecular complexity index is 304. The maximum Gasteiger partial charge on any atom is 0.0990 e. The largest absolute Gasteiger partial charge is 0.389 e. The average Bonchev–Trinajstić information content (AvgIpc) is 2.48. The summed E-state index contributed by atoms with van der Waals surface area (Å²) in [5.41, 5.74) is 0.977. The third-order valence-corrected chi connectivity index (χ3v) is 2.70. The molecule has 1 saturated heterocycles. The van der Waals surface area contributed by atoms with Gasteiger partial charge in [-0.3, -0.25) is 0 Å². The van der Waals surface area contributed by atoms with Gasteiger partial charge in [-0.05, 0) is 24.3 Å². The zero-order valence-electron chi connectivity index (χ0n) is 7.60. The highest BCUT2D eigenvalue weighted by molar-refractivity contribution is 6.30. The van der Waals surface area contributed by atoms with Crippen LogP contribution in [0.25, 0.3) is 0 Å². The van der Waals surface area contributed by atoms with Gasteiger partial charge < -0.3 is 15.1 Å². The Hall–Kier alpha value is -0.770. The highest BCUT2D eigenvalue weighted by atomic mass is 35.5. The first-order valence-corrected chi connectivity index (χ1v) is 4.91. The molecule has 3 nitrogen and oxygen atoms in total. The van der Waals surface area contributed by atoms with Gasteiger partial charge in [0.05, 0.1) is 12.2 Å². The second-order valence-electron chi connectivity index (χ2n) is 3.52. The monoisotopic (exact) mass is 213 g/mol. The zero-order chi connectivity index (χ0) is 10.1. The van der Waals surface area contributed by atoms with Crippen LogP contribution in [0.2, 0.25) is 5.02 Å². The van der Waals surface area contributed by atoms with Gasteiger partial charge in [0.2, 0.25) is 0 Å². The van der Waals surface area contributed by atoms with E-state index in [1.54, 1.807) is 12.1 Å². The molecule has 1 heterocycles. The number of hydrogen-bond donors (Lipinski definition) is 2. The molecule has 2 atom stereocenters. The van der Waals surface area contributed by atoms with Crippen molar-refractivity contribution in [3.8, 4) is 0 Å². The lowest BCUT2D eigenvalue weighted by atomic mass is 10.3. The van der Waals surface area contributed by atoms with Gasteiger partial charge in [0, 0.05) is 23.8 Å². The van der Waals surface area contributed by atoms with Crippen molar-refractivity contribution in [2.24, 2.45) is 0 Å². The first-order chi connectivity index (χ1) is 6.66. The van der Waals surface area contributed by atoms with Crippen molar-refractivity contribution >= 4 is 17.3 Å². The van der Waals surface area contributed by atoms with Crippen molar-refractivity contribution in [3.63, 3.8) is 0 Å². The van der Waals surface area contributed by atoms with E-state index in [0.29, 0.717) is 18.1 Å². The summed E-state index contributed by atoms with van der Waals surface area (Å²) in [5.74, 6) is 0. The van der Waals surface area contributed by atoms with Crippen molar-refractivity contribution in [3.05, 3.63) is 29.3 Å². The summed E-state index contributed by atoms with van der Waals surface area (Å²) >= 11 is 5.76. The van der Waals surface area contributed by atoms with Crippen LogP contribution in [0.1, 0.15) is 0 Å². The van der Waals surface area contributed by atoms with Crippen molar-refractivity contribution in [2.75, 3.05) is 18.0 Å². The summed E-state index contributed by atoms with van der Waals surface area (Å²) in [7, 11) is 0. The molecule has 0 spiro atoms. The lowest BCUT2D eigenvalue weighted by Gasteiger charge is -2.17. The number of rotatable bonds is 1. The number of halogens is 1.